The zero-order chi connectivity index (χ0) is 22.5. The molecule has 1 fully saturated rings. The zero-order valence-corrected chi connectivity index (χ0v) is 17.9. The molecular weight excluding hydrogens is 423 g/mol. The summed E-state index contributed by atoms with van der Waals surface area (Å²) in [5, 5.41) is 9.76. The van der Waals surface area contributed by atoms with Crippen molar-refractivity contribution < 1.29 is 9.18 Å². The van der Waals surface area contributed by atoms with E-state index >= 15 is 0 Å². The fourth-order valence-corrected chi connectivity index (χ4v) is 4.66. The molecule has 0 spiro atoms. The lowest BCUT2D eigenvalue weighted by molar-refractivity contribution is 0.0785. The number of fused-ring (bicyclic) bond motifs is 2. The van der Waals surface area contributed by atoms with Crippen LogP contribution in [0.2, 0.25) is 0 Å². The predicted molar refractivity (Wildman–Crippen MR) is 118 cm³/mol. The van der Waals surface area contributed by atoms with E-state index < -0.39 is 0 Å². The summed E-state index contributed by atoms with van der Waals surface area (Å²) < 4.78 is 17.2. The second-order valence-electron chi connectivity index (χ2n) is 8.41. The highest BCUT2D eigenvalue weighted by Gasteiger charge is 2.31. The van der Waals surface area contributed by atoms with Crippen LogP contribution in [-0.2, 0) is 6.54 Å². The number of nitrogens with zero attached hydrogens (tertiary/aromatic N) is 7. The maximum absolute atomic E-state index is 13.5. The van der Waals surface area contributed by atoms with Gasteiger partial charge in [0.05, 0.1) is 17.9 Å². The van der Waals surface area contributed by atoms with E-state index in [1.54, 1.807) is 29.3 Å². The maximum atomic E-state index is 13.5. The molecule has 4 aromatic heterocycles. The second-order valence-corrected chi connectivity index (χ2v) is 8.41. The zero-order valence-electron chi connectivity index (χ0n) is 17.9. The predicted octanol–water partition coefficient (Wildman–Crippen LogP) is 2.93. The van der Waals surface area contributed by atoms with Crippen molar-refractivity contribution in [1.82, 2.24) is 39.2 Å². The van der Waals surface area contributed by atoms with Crippen LogP contribution in [0.4, 0.5) is 4.39 Å². The lowest BCUT2D eigenvalue weighted by Gasteiger charge is -2.16. The number of aryl methyl sites for hydroxylation is 1. The van der Waals surface area contributed by atoms with E-state index in [2.05, 4.69) is 20.1 Å². The third-order valence-corrected chi connectivity index (χ3v) is 6.34. The van der Waals surface area contributed by atoms with E-state index in [0.717, 1.165) is 34.4 Å². The van der Waals surface area contributed by atoms with Crippen molar-refractivity contribution in [1.29, 1.82) is 0 Å². The number of likely N-dealkylation sites (tertiary alicyclic amines) is 1. The smallest absolute Gasteiger partial charge is 0.270 e. The molecule has 10 heteroatoms. The first-order chi connectivity index (χ1) is 16.1. The first-order valence-electron chi connectivity index (χ1n) is 10.8. The number of rotatable bonds is 4. The molecule has 1 aliphatic heterocycles. The molecule has 1 aromatic carbocycles. The average Bonchev–Trinajstić information content (AvgIpc) is 3.60. The summed E-state index contributed by atoms with van der Waals surface area (Å²) in [5.41, 5.74) is 4.81. The topological polar surface area (TPSA) is 97.0 Å². The Labute approximate surface area is 187 Å². The molecule has 0 radical (unpaired) electrons. The summed E-state index contributed by atoms with van der Waals surface area (Å²) in [6.45, 7) is 3.73. The summed E-state index contributed by atoms with van der Waals surface area (Å²) in [7, 11) is 0. The molecular formula is C23H21FN8O. The van der Waals surface area contributed by atoms with Crippen LogP contribution < -0.4 is 0 Å². The Kier molecular flexibility index (Phi) is 4.46. The van der Waals surface area contributed by atoms with E-state index in [0.29, 0.717) is 30.8 Å². The van der Waals surface area contributed by atoms with Gasteiger partial charge >= 0.3 is 0 Å². The number of aromatic nitrogens is 7. The lowest BCUT2D eigenvalue weighted by atomic mass is 10.0. The highest BCUT2D eigenvalue weighted by molar-refractivity contribution is 5.98. The van der Waals surface area contributed by atoms with E-state index in [1.165, 1.54) is 18.5 Å². The van der Waals surface area contributed by atoms with Gasteiger partial charge in [0.1, 0.15) is 24.2 Å². The third-order valence-electron chi connectivity index (χ3n) is 6.34. The van der Waals surface area contributed by atoms with Crippen molar-refractivity contribution in [2.45, 2.75) is 25.8 Å². The van der Waals surface area contributed by atoms with E-state index in [4.69, 9.17) is 5.10 Å². The van der Waals surface area contributed by atoms with Gasteiger partial charge in [-0.3, -0.25) is 4.79 Å². The molecule has 0 aliphatic carbocycles. The van der Waals surface area contributed by atoms with Crippen LogP contribution in [0.1, 0.15) is 39.8 Å². The molecule has 1 aliphatic rings. The summed E-state index contributed by atoms with van der Waals surface area (Å²) in [6.07, 6.45) is 5.81. The molecule has 9 nitrogen and oxygen atoms in total. The monoisotopic (exact) mass is 444 g/mol. The molecule has 1 saturated heterocycles. The molecule has 5 heterocycles. The maximum Gasteiger partial charge on any atom is 0.270 e. The first kappa shape index (κ1) is 19.6. The Bertz CT molecular complexity index is 1490. The van der Waals surface area contributed by atoms with Crippen LogP contribution in [0.3, 0.4) is 0 Å². The minimum absolute atomic E-state index is 0.0806. The van der Waals surface area contributed by atoms with Gasteiger partial charge in [-0.05, 0) is 43.7 Å². The highest BCUT2D eigenvalue weighted by atomic mass is 19.1. The van der Waals surface area contributed by atoms with Crippen molar-refractivity contribution in [3.05, 3.63) is 77.6 Å². The molecule has 5 aromatic rings. The summed E-state index contributed by atoms with van der Waals surface area (Å²) >= 11 is 0. The Hall–Kier alpha value is -4.08. The van der Waals surface area contributed by atoms with Gasteiger partial charge in [-0.2, -0.15) is 10.2 Å². The molecule has 166 valence electrons. The Morgan fingerprint density at radius 3 is 3.03 bits per heavy atom. The number of benzene rings is 1. The Morgan fingerprint density at radius 2 is 2.18 bits per heavy atom. The number of H-pyrrole nitrogens is 1. The van der Waals surface area contributed by atoms with Crippen LogP contribution in [0.15, 0.2) is 49.2 Å². The van der Waals surface area contributed by atoms with Crippen LogP contribution in [0, 0.1) is 12.7 Å². The van der Waals surface area contributed by atoms with Crippen molar-refractivity contribution >= 4 is 22.5 Å². The van der Waals surface area contributed by atoms with Gasteiger partial charge in [-0.25, -0.2) is 23.6 Å². The number of carbonyl (C=O) groups is 1. The van der Waals surface area contributed by atoms with Crippen LogP contribution in [0.25, 0.3) is 16.6 Å². The van der Waals surface area contributed by atoms with Crippen LogP contribution in [0.5, 0.6) is 0 Å². The van der Waals surface area contributed by atoms with E-state index in [9.17, 15) is 9.18 Å². The van der Waals surface area contributed by atoms with Gasteiger partial charge < -0.3 is 9.88 Å². The van der Waals surface area contributed by atoms with E-state index in [-0.39, 0.29) is 17.6 Å². The highest BCUT2D eigenvalue weighted by Crippen LogP contribution is 2.30. The normalized spacial score (nSPS) is 16.3. The minimum atomic E-state index is -0.330. The number of hydrogen-bond donors (Lipinski definition) is 1. The summed E-state index contributed by atoms with van der Waals surface area (Å²) in [4.78, 5) is 26.6. The molecule has 33 heavy (non-hydrogen) atoms. The average molecular weight is 444 g/mol. The molecule has 0 bridgehead atoms. The number of carbonyl (C=O) groups excluding carboxylic acids is 1. The van der Waals surface area contributed by atoms with Gasteiger partial charge in [-0.1, -0.05) is 0 Å². The standard InChI is InChI=1S/C23H21FN8O/c1-14-18(11-31-13-25-12-27-31)22-26-6-4-21(32(22)29-14)16-5-7-30(10-16)23(33)20-8-15-2-3-17(24)9-19(15)28-20/h2-4,6,8-9,12-13,16,28H,5,7,10-11H2,1H3/t16-/m1/s1. The third kappa shape index (κ3) is 3.34. The number of amides is 1. The Morgan fingerprint density at radius 1 is 1.27 bits per heavy atom. The number of hydrogen-bond acceptors (Lipinski definition) is 5. The fourth-order valence-electron chi connectivity index (χ4n) is 4.66. The molecule has 1 N–H and O–H groups in total. The first-order valence-corrected chi connectivity index (χ1v) is 10.8. The number of halogens is 1. The summed E-state index contributed by atoms with van der Waals surface area (Å²) in [6, 6.07) is 8.23. The van der Waals surface area contributed by atoms with Crippen molar-refractivity contribution in [2.75, 3.05) is 13.1 Å². The molecule has 0 unspecified atom stereocenters. The molecule has 6 rings (SSSR count). The van der Waals surface area contributed by atoms with Crippen molar-refractivity contribution in [2.24, 2.45) is 0 Å². The quantitative estimate of drug-likeness (QED) is 0.460. The van der Waals surface area contributed by atoms with Crippen molar-refractivity contribution in [3.8, 4) is 0 Å². The van der Waals surface area contributed by atoms with E-state index in [1.807, 2.05) is 22.4 Å². The van der Waals surface area contributed by atoms with Crippen molar-refractivity contribution in [3.63, 3.8) is 0 Å². The SMILES string of the molecule is Cc1nn2c([C@@H]3CCN(C(=O)c4cc5ccc(F)cc5[nH]4)C3)ccnc2c1Cn1cncn1. The Balaban J connectivity index is 1.27. The van der Waals surface area contributed by atoms with Crippen LogP contribution in [-0.4, -0.2) is 58.2 Å². The number of aromatic amines is 1. The summed E-state index contributed by atoms with van der Waals surface area (Å²) in [5.74, 6) is -0.272. The van der Waals surface area contributed by atoms with Gasteiger partial charge in [-0.15, -0.1) is 0 Å². The second kappa shape index (κ2) is 7.51. The molecule has 1 amide bonds. The van der Waals surface area contributed by atoms with Gasteiger partial charge in [0, 0.05) is 41.7 Å². The number of nitrogens with one attached hydrogen (secondary N) is 1. The molecule has 0 saturated carbocycles. The largest absolute Gasteiger partial charge is 0.350 e. The fraction of sp³-hybridized carbons (Fsp3) is 0.261. The van der Waals surface area contributed by atoms with Crippen LogP contribution >= 0.6 is 0 Å². The molecule has 1 atom stereocenters. The lowest BCUT2D eigenvalue weighted by Crippen LogP contribution is -2.28. The van der Waals surface area contributed by atoms with Gasteiger partial charge in [0.25, 0.3) is 5.91 Å². The minimum Gasteiger partial charge on any atom is -0.350 e. The van der Waals surface area contributed by atoms with Gasteiger partial charge in [0.15, 0.2) is 5.65 Å². The van der Waals surface area contributed by atoms with Gasteiger partial charge in [0.2, 0.25) is 0 Å².